The SMILES string of the molecule is O=C(Nc1nnc(-c2ccno2)o1)c1ccc(S(=O)(=O)N2CCOCC2)cc1. The monoisotopic (exact) mass is 405 g/mol. The lowest BCUT2D eigenvalue weighted by atomic mass is 10.2. The Kier molecular flexibility index (Phi) is 4.90. The third-order valence-corrected chi connectivity index (χ3v) is 5.93. The van der Waals surface area contributed by atoms with Crippen molar-refractivity contribution in [1.29, 1.82) is 0 Å². The molecule has 1 fully saturated rings. The Labute approximate surface area is 159 Å². The van der Waals surface area contributed by atoms with Gasteiger partial charge in [-0.05, 0) is 24.3 Å². The fourth-order valence-electron chi connectivity index (χ4n) is 2.58. The van der Waals surface area contributed by atoms with E-state index >= 15 is 0 Å². The summed E-state index contributed by atoms with van der Waals surface area (Å²) in [4.78, 5) is 12.4. The fourth-order valence-corrected chi connectivity index (χ4v) is 3.99. The summed E-state index contributed by atoms with van der Waals surface area (Å²) in [6, 6.07) is 7.00. The topological polar surface area (TPSA) is 141 Å². The van der Waals surface area contributed by atoms with Crippen molar-refractivity contribution >= 4 is 21.9 Å². The van der Waals surface area contributed by atoms with Crippen LogP contribution in [0.15, 0.2) is 50.4 Å². The number of rotatable bonds is 5. The molecule has 0 radical (unpaired) electrons. The van der Waals surface area contributed by atoms with Gasteiger partial charge in [0.1, 0.15) is 0 Å². The number of amides is 1. The molecule has 3 heterocycles. The maximum atomic E-state index is 12.6. The Morgan fingerprint density at radius 3 is 2.50 bits per heavy atom. The van der Waals surface area contributed by atoms with Gasteiger partial charge in [0, 0.05) is 24.7 Å². The van der Waals surface area contributed by atoms with Crippen molar-refractivity contribution in [3.8, 4) is 11.7 Å². The fraction of sp³-hybridized carbons (Fsp3) is 0.250. The summed E-state index contributed by atoms with van der Waals surface area (Å²) in [6.07, 6.45) is 1.42. The Morgan fingerprint density at radius 2 is 1.82 bits per heavy atom. The number of morpholine rings is 1. The molecular formula is C16H15N5O6S. The summed E-state index contributed by atoms with van der Waals surface area (Å²) >= 11 is 0. The highest BCUT2D eigenvalue weighted by Crippen LogP contribution is 2.20. The van der Waals surface area contributed by atoms with E-state index in [1.54, 1.807) is 0 Å². The molecule has 0 bridgehead atoms. The summed E-state index contributed by atoms with van der Waals surface area (Å²) in [6.45, 7) is 1.32. The number of benzene rings is 1. The van der Waals surface area contributed by atoms with Crippen LogP contribution in [0, 0.1) is 0 Å². The molecule has 1 aliphatic rings. The van der Waals surface area contributed by atoms with Crippen molar-refractivity contribution in [3.63, 3.8) is 0 Å². The molecule has 0 spiro atoms. The molecule has 1 aromatic carbocycles. The van der Waals surface area contributed by atoms with Gasteiger partial charge >= 0.3 is 6.01 Å². The molecule has 3 aromatic rings. The predicted octanol–water partition coefficient (Wildman–Crippen LogP) is 0.998. The number of hydrogen-bond acceptors (Lipinski definition) is 9. The minimum atomic E-state index is -3.62. The second kappa shape index (κ2) is 7.50. The smallest absolute Gasteiger partial charge is 0.322 e. The Balaban J connectivity index is 1.45. The normalized spacial score (nSPS) is 15.4. The van der Waals surface area contributed by atoms with Crippen molar-refractivity contribution in [2.75, 3.05) is 31.6 Å². The second-order valence-electron chi connectivity index (χ2n) is 5.78. The highest BCUT2D eigenvalue weighted by molar-refractivity contribution is 7.89. The largest absolute Gasteiger partial charge is 0.400 e. The third-order valence-electron chi connectivity index (χ3n) is 4.02. The van der Waals surface area contributed by atoms with E-state index < -0.39 is 15.9 Å². The zero-order valence-electron chi connectivity index (χ0n) is 14.4. The number of hydrogen-bond donors (Lipinski definition) is 1. The van der Waals surface area contributed by atoms with E-state index in [1.807, 2.05) is 0 Å². The lowest BCUT2D eigenvalue weighted by Gasteiger charge is -2.26. The van der Waals surface area contributed by atoms with Crippen molar-refractivity contribution in [3.05, 3.63) is 42.1 Å². The second-order valence-corrected chi connectivity index (χ2v) is 7.72. The van der Waals surface area contributed by atoms with Crippen LogP contribution in [0.25, 0.3) is 11.7 Å². The van der Waals surface area contributed by atoms with Crippen molar-refractivity contribution in [2.45, 2.75) is 4.90 Å². The molecule has 28 heavy (non-hydrogen) atoms. The standard InChI is InChI=1S/C16H15N5O6S/c22-14(18-16-20-19-15(26-16)13-5-6-17-27-13)11-1-3-12(4-2-11)28(23,24)21-7-9-25-10-8-21/h1-6H,7-10H2,(H,18,20,22). The zero-order chi connectivity index (χ0) is 19.6. The average molecular weight is 405 g/mol. The molecule has 0 saturated carbocycles. The predicted molar refractivity (Wildman–Crippen MR) is 93.8 cm³/mol. The van der Waals surface area contributed by atoms with Gasteiger partial charge < -0.3 is 13.7 Å². The van der Waals surface area contributed by atoms with E-state index in [0.29, 0.717) is 26.3 Å². The van der Waals surface area contributed by atoms with Gasteiger partial charge in [0.2, 0.25) is 15.8 Å². The molecule has 1 aliphatic heterocycles. The molecular weight excluding hydrogens is 390 g/mol. The van der Waals surface area contributed by atoms with Gasteiger partial charge in [0.25, 0.3) is 11.8 Å². The number of ether oxygens (including phenoxy) is 1. The van der Waals surface area contributed by atoms with Gasteiger partial charge in [-0.1, -0.05) is 10.3 Å². The first-order chi connectivity index (χ1) is 13.5. The number of carbonyl (C=O) groups excluding carboxylic acids is 1. The van der Waals surface area contributed by atoms with E-state index in [0.717, 1.165) is 0 Å². The summed E-state index contributed by atoms with van der Waals surface area (Å²) in [5.74, 6) is -0.187. The van der Waals surface area contributed by atoms with Crippen molar-refractivity contribution < 1.29 is 26.9 Å². The first-order valence-electron chi connectivity index (χ1n) is 8.28. The maximum Gasteiger partial charge on any atom is 0.322 e. The number of nitrogens with zero attached hydrogens (tertiary/aromatic N) is 4. The van der Waals surface area contributed by atoms with Gasteiger partial charge in [-0.2, -0.15) is 4.31 Å². The number of sulfonamides is 1. The van der Waals surface area contributed by atoms with Crippen LogP contribution in [-0.2, 0) is 14.8 Å². The van der Waals surface area contributed by atoms with E-state index in [9.17, 15) is 13.2 Å². The van der Waals surface area contributed by atoms with E-state index in [4.69, 9.17) is 13.7 Å². The van der Waals surface area contributed by atoms with Crippen LogP contribution in [0.1, 0.15) is 10.4 Å². The summed E-state index contributed by atoms with van der Waals surface area (Å²) < 4.78 is 41.9. The van der Waals surface area contributed by atoms with Crippen LogP contribution in [0.3, 0.4) is 0 Å². The first-order valence-corrected chi connectivity index (χ1v) is 9.72. The van der Waals surface area contributed by atoms with Gasteiger partial charge in [0.05, 0.1) is 24.3 Å². The van der Waals surface area contributed by atoms with E-state index in [1.165, 1.54) is 40.8 Å². The minimum absolute atomic E-state index is 0.0692. The molecule has 0 unspecified atom stereocenters. The van der Waals surface area contributed by atoms with Crippen LogP contribution < -0.4 is 5.32 Å². The number of aromatic nitrogens is 3. The van der Waals surface area contributed by atoms with Gasteiger partial charge in [-0.15, -0.1) is 5.10 Å². The third kappa shape index (κ3) is 3.65. The maximum absolute atomic E-state index is 12.6. The Morgan fingerprint density at radius 1 is 1.07 bits per heavy atom. The number of nitrogens with one attached hydrogen (secondary N) is 1. The summed E-state index contributed by atoms with van der Waals surface area (Å²) in [7, 11) is -3.62. The highest BCUT2D eigenvalue weighted by atomic mass is 32.2. The average Bonchev–Trinajstić information content (AvgIpc) is 3.40. The number of carbonyl (C=O) groups is 1. The van der Waals surface area contributed by atoms with Gasteiger partial charge in [-0.3, -0.25) is 10.1 Å². The molecule has 11 nitrogen and oxygen atoms in total. The lowest BCUT2D eigenvalue weighted by molar-refractivity contribution is 0.0730. The van der Waals surface area contributed by atoms with Crippen LogP contribution in [0.2, 0.25) is 0 Å². The molecule has 1 N–H and O–H groups in total. The minimum Gasteiger partial charge on any atom is -0.400 e. The molecule has 4 rings (SSSR count). The van der Waals surface area contributed by atoms with Gasteiger partial charge in [-0.25, -0.2) is 8.42 Å². The van der Waals surface area contributed by atoms with E-state index in [-0.39, 0.29) is 28.1 Å². The van der Waals surface area contributed by atoms with Crippen LogP contribution in [0.5, 0.6) is 0 Å². The lowest BCUT2D eigenvalue weighted by Crippen LogP contribution is -2.40. The van der Waals surface area contributed by atoms with Crippen LogP contribution in [-0.4, -0.2) is 60.3 Å². The van der Waals surface area contributed by atoms with E-state index in [2.05, 4.69) is 20.7 Å². The Hall–Kier alpha value is -3.09. The quantitative estimate of drug-likeness (QED) is 0.658. The molecule has 146 valence electrons. The molecule has 0 atom stereocenters. The Bertz CT molecular complexity index is 1060. The zero-order valence-corrected chi connectivity index (χ0v) is 15.3. The van der Waals surface area contributed by atoms with Crippen molar-refractivity contribution in [1.82, 2.24) is 19.7 Å². The van der Waals surface area contributed by atoms with Gasteiger partial charge in [0.15, 0.2) is 0 Å². The molecule has 1 amide bonds. The molecule has 2 aromatic heterocycles. The van der Waals surface area contributed by atoms with Crippen LogP contribution >= 0.6 is 0 Å². The summed E-state index contributed by atoms with van der Waals surface area (Å²) in [5, 5.41) is 13.4. The number of anilines is 1. The van der Waals surface area contributed by atoms with Crippen molar-refractivity contribution in [2.24, 2.45) is 0 Å². The molecule has 1 saturated heterocycles. The summed E-state index contributed by atoms with van der Waals surface area (Å²) in [5.41, 5.74) is 0.236. The first kappa shape index (κ1) is 18.3. The molecule has 12 heteroatoms. The molecule has 0 aliphatic carbocycles. The highest BCUT2D eigenvalue weighted by Gasteiger charge is 2.26. The van der Waals surface area contributed by atoms with Crippen LogP contribution in [0.4, 0.5) is 6.01 Å².